The highest BCUT2D eigenvalue weighted by atomic mass is 15.3. The summed E-state index contributed by atoms with van der Waals surface area (Å²) in [7, 11) is 3.60. The Bertz CT molecular complexity index is 426. The molecule has 0 aliphatic rings. The second kappa shape index (κ2) is 2.58. The lowest BCUT2D eigenvalue weighted by Gasteiger charge is -1.98. The molecular weight excluding hydrogens is 168 g/mol. The molecule has 2 heterocycles. The third kappa shape index (κ3) is 1.07. The zero-order valence-electron chi connectivity index (χ0n) is 7.47. The topological polar surface area (TPSA) is 74.5 Å². The SMILES string of the molecule is Cn1ncnc1-c1cnn(C)c1N. The second-order valence-corrected chi connectivity index (χ2v) is 2.77. The zero-order chi connectivity index (χ0) is 9.42. The van der Waals surface area contributed by atoms with Gasteiger partial charge in [-0.2, -0.15) is 10.2 Å². The van der Waals surface area contributed by atoms with E-state index in [2.05, 4.69) is 15.2 Å². The summed E-state index contributed by atoms with van der Waals surface area (Å²) in [5.41, 5.74) is 6.59. The van der Waals surface area contributed by atoms with E-state index in [1.807, 2.05) is 7.05 Å². The summed E-state index contributed by atoms with van der Waals surface area (Å²) in [6.45, 7) is 0. The quantitative estimate of drug-likeness (QED) is 0.656. The minimum absolute atomic E-state index is 0.594. The van der Waals surface area contributed by atoms with Gasteiger partial charge in [0, 0.05) is 14.1 Å². The van der Waals surface area contributed by atoms with Crippen molar-refractivity contribution in [3.05, 3.63) is 12.5 Å². The molecule has 13 heavy (non-hydrogen) atoms. The highest BCUT2D eigenvalue weighted by Crippen LogP contribution is 2.21. The van der Waals surface area contributed by atoms with Crippen molar-refractivity contribution >= 4 is 5.82 Å². The van der Waals surface area contributed by atoms with Gasteiger partial charge in [-0.25, -0.2) is 9.67 Å². The fourth-order valence-corrected chi connectivity index (χ4v) is 1.16. The molecule has 0 aromatic carbocycles. The summed E-state index contributed by atoms with van der Waals surface area (Å²) in [6, 6.07) is 0. The van der Waals surface area contributed by atoms with E-state index in [-0.39, 0.29) is 0 Å². The number of hydrogen-bond donors (Lipinski definition) is 1. The molecule has 0 radical (unpaired) electrons. The molecule has 0 atom stereocenters. The maximum absolute atomic E-state index is 5.78. The van der Waals surface area contributed by atoms with Gasteiger partial charge in [0.05, 0.1) is 11.8 Å². The average Bonchev–Trinajstić information content (AvgIpc) is 2.62. The Labute approximate surface area is 75.0 Å². The van der Waals surface area contributed by atoms with E-state index in [0.29, 0.717) is 5.82 Å². The fourth-order valence-electron chi connectivity index (χ4n) is 1.16. The highest BCUT2D eigenvalue weighted by Gasteiger charge is 2.11. The standard InChI is InChI=1S/C7H10N6/c1-12-6(8)5(3-10-12)7-9-4-11-13(7)2/h3-4H,8H2,1-2H3. The highest BCUT2D eigenvalue weighted by molar-refractivity contribution is 5.67. The molecule has 6 heteroatoms. The van der Waals surface area contributed by atoms with Crippen LogP contribution in [-0.4, -0.2) is 24.5 Å². The summed E-state index contributed by atoms with van der Waals surface area (Å²) >= 11 is 0. The van der Waals surface area contributed by atoms with Gasteiger partial charge in [0.1, 0.15) is 12.1 Å². The second-order valence-electron chi connectivity index (χ2n) is 2.77. The lowest BCUT2D eigenvalue weighted by Crippen LogP contribution is -2.00. The van der Waals surface area contributed by atoms with Crippen LogP contribution in [0.25, 0.3) is 11.4 Å². The average molecular weight is 178 g/mol. The molecule has 0 saturated carbocycles. The molecule has 2 rings (SSSR count). The van der Waals surface area contributed by atoms with Crippen LogP contribution in [0, 0.1) is 0 Å². The Morgan fingerprint density at radius 3 is 2.46 bits per heavy atom. The third-order valence-corrected chi connectivity index (χ3v) is 1.94. The van der Waals surface area contributed by atoms with Gasteiger partial charge < -0.3 is 5.73 Å². The van der Waals surface area contributed by atoms with Crippen LogP contribution < -0.4 is 5.73 Å². The van der Waals surface area contributed by atoms with E-state index in [9.17, 15) is 0 Å². The third-order valence-electron chi connectivity index (χ3n) is 1.94. The minimum Gasteiger partial charge on any atom is -0.383 e. The summed E-state index contributed by atoms with van der Waals surface area (Å²) in [5.74, 6) is 1.32. The van der Waals surface area contributed by atoms with Gasteiger partial charge in [-0.15, -0.1) is 0 Å². The smallest absolute Gasteiger partial charge is 0.163 e. The van der Waals surface area contributed by atoms with Crippen molar-refractivity contribution in [3.63, 3.8) is 0 Å². The monoisotopic (exact) mass is 178 g/mol. The molecule has 2 aromatic rings. The maximum atomic E-state index is 5.78. The van der Waals surface area contributed by atoms with Crippen LogP contribution in [-0.2, 0) is 14.1 Å². The zero-order valence-corrected chi connectivity index (χ0v) is 7.47. The molecule has 2 aromatic heterocycles. The Kier molecular flexibility index (Phi) is 1.54. The molecule has 0 saturated heterocycles. The van der Waals surface area contributed by atoms with E-state index in [1.54, 1.807) is 22.6 Å². The predicted octanol–water partition coefficient (Wildman–Crippen LogP) is -0.202. The molecule has 0 fully saturated rings. The van der Waals surface area contributed by atoms with Crippen LogP contribution in [0.1, 0.15) is 0 Å². The molecule has 0 aliphatic carbocycles. The van der Waals surface area contributed by atoms with E-state index in [4.69, 9.17) is 5.73 Å². The maximum Gasteiger partial charge on any atom is 0.163 e. The normalized spacial score (nSPS) is 10.6. The molecule has 0 amide bonds. The van der Waals surface area contributed by atoms with Crippen molar-refractivity contribution in [2.45, 2.75) is 0 Å². The van der Waals surface area contributed by atoms with E-state index in [1.165, 1.54) is 6.33 Å². The first-order valence-corrected chi connectivity index (χ1v) is 3.82. The number of nitrogens with two attached hydrogens (primary N) is 1. The summed E-state index contributed by atoms with van der Waals surface area (Å²) in [4.78, 5) is 4.08. The van der Waals surface area contributed by atoms with Gasteiger partial charge >= 0.3 is 0 Å². The Morgan fingerprint density at radius 2 is 2.00 bits per heavy atom. The van der Waals surface area contributed by atoms with Crippen molar-refractivity contribution in [2.75, 3.05) is 5.73 Å². The van der Waals surface area contributed by atoms with Crippen molar-refractivity contribution in [2.24, 2.45) is 14.1 Å². The largest absolute Gasteiger partial charge is 0.383 e. The predicted molar refractivity (Wildman–Crippen MR) is 47.6 cm³/mol. The van der Waals surface area contributed by atoms with Crippen molar-refractivity contribution < 1.29 is 0 Å². The summed E-state index contributed by atoms with van der Waals surface area (Å²) in [5, 5.41) is 7.98. The van der Waals surface area contributed by atoms with Crippen LogP contribution >= 0.6 is 0 Å². The number of anilines is 1. The Balaban J connectivity index is 2.59. The number of nitrogen functional groups attached to an aromatic ring is 1. The van der Waals surface area contributed by atoms with Crippen molar-refractivity contribution in [1.29, 1.82) is 0 Å². The van der Waals surface area contributed by atoms with Crippen LogP contribution in [0.4, 0.5) is 5.82 Å². The van der Waals surface area contributed by atoms with Gasteiger partial charge in [-0.3, -0.25) is 4.68 Å². The fraction of sp³-hybridized carbons (Fsp3) is 0.286. The first-order valence-electron chi connectivity index (χ1n) is 3.82. The van der Waals surface area contributed by atoms with Gasteiger partial charge in [-0.05, 0) is 0 Å². The first kappa shape index (κ1) is 7.78. The molecule has 0 unspecified atom stereocenters. The van der Waals surface area contributed by atoms with Gasteiger partial charge in [0.15, 0.2) is 5.82 Å². The molecular formula is C7H10N6. The van der Waals surface area contributed by atoms with Crippen LogP contribution in [0.2, 0.25) is 0 Å². The summed E-state index contributed by atoms with van der Waals surface area (Å²) < 4.78 is 3.26. The van der Waals surface area contributed by atoms with E-state index in [0.717, 1.165) is 11.4 Å². The molecule has 2 N–H and O–H groups in total. The van der Waals surface area contributed by atoms with Crippen molar-refractivity contribution in [3.8, 4) is 11.4 Å². The molecule has 0 aliphatic heterocycles. The van der Waals surface area contributed by atoms with Crippen LogP contribution in [0.15, 0.2) is 12.5 Å². The Hall–Kier alpha value is -1.85. The lowest BCUT2D eigenvalue weighted by molar-refractivity contribution is 0.773. The van der Waals surface area contributed by atoms with Gasteiger partial charge in [-0.1, -0.05) is 0 Å². The molecule has 0 spiro atoms. The van der Waals surface area contributed by atoms with E-state index < -0.39 is 0 Å². The number of rotatable bonds is 1. The van der Waals surface area contributed by atoms with Crippen LogP contribution in [0.5, 0.6) is 0 Å². The van der Waals surface area contributed by atoms with Gasteiger partial charge in [0.2, 0.25) is 0 Å². The molecule has 6 nitrogen and oxygen atoms in total. The van der Waals surface area contributed by atoms with Gasteiger partial charge in [0.25, 0.3) is 0 Å². The number of aromatic nitrogens is 5. The molecule has 68 valence electrons. The molecule has 0 bridgehead atoms. The number of aryl methyl sites for hydroxylation is 2. The lowest BCUT2D eigenvalue weighted by atomic mass is 10.3. The number of nitrogens with zero attached hydrogens (tertiary/aromatic N) is 5. The minimum atomic E-state index is 0.594. The van der Waals surface area contributed by atoms with E-state index >= 15 is 0 Å². The summed E-state index contributed by atoms with van der Waals surface area (Å²) in [6.07, 6.45) is 3.17. The van der Waals surface area contributed by atoms with Crippen molar-refractivity contribution in [1.82, 2.24) is 24.5 Å². The van der Waals surface area contributed by atoms with Crippen LogP contribution in [0.3, 0.4) is 0 Å². The number of hydrogen-bond acceptors (Lipinski definition) is 4. The Morgan fingerprint density at radius 1 is 1.23 bits per heavy atom. The first-order chi connectivity index (χ1) is 6.20.